The highest BCUT2D eigenvalue weighted by molar-refractivity contribution is 5.27. The fourth-order valence-corrected chi connectivity index (χ4v) is 3.48. The molecule has 2 rings (SSSR count). The van der Waals surface area contributed by atoms with E-state index in [1.54, 1.807) is 0 Å². The Morgan fingerprint density at radius 3 is 2.14 bits per heavy atom. The number of hydrogen-bond acceptors (Lipinski definition) is 2. The van der Waals surface area contributed by atoms with Crippen molar-refractivity contribution < 1.29 is 4.74 Å². The topological polar surface area (TPSA) is 12.5 Å². The highest BCUT2D eigenvalue weighted by Gasteiger charge is 2.23. The number of ether oxygens (including phenoxy) is 1. The smallest absolute Gasteiger partial charge is 0.0678 e. The van der Waals surface area contributed by atoms with Crippen LogP contribution in [0.1, 0.15) is 52.7 Å². The molecule has 3 atom stereocenters. The minimum absolute atomic E-state index is 0.240. The van der Waals surface area contributed by atoms with Crippen LogP contribution in [0.25, 0.3) is 0 Å². The highest BCUT2D eigenvalue weighted by Crippen LogP contribution is 2.23. The molecule has 1 aromatic carbocycles. The zero-order valence-electron chi connectivity index (χ0n) is 15.2. The van der Waals surface area contributed by atoms with Gasteiger partial charge in [0.25, 0.3) is 0 Å². The van der Waals surface area contributed by atoms with Gasteiger partial charge in [0.05, 0.1) is 12.2 Å². The summed E-state index contributed by atoms with van der Waals surface area (Å²) >= 11 is 0. The van der Waals surface area contributed by atoms with Crippen molar-refractivity contribution in [2.45, 2.75) is 65.6 Å². The maximum absolute atomic E-state index is 5.82. The number of morpholine rings is 1. The fraction of sp³-hybridized carbons (Fsp3) is 0.700. The van der Waals surface area contributed by atoms with Crippen LogP contribution in [0.5, 0.6) is 0 Å². The molecule has 1 heterocycles. The minimum atomic E-state index is 0.240. The van der Waals surface area contributed by atoms with E-state index < -0.39 is 0 Å². The number of benzene rings is 1. The third-order valence-electron chi connectivity index (χ3n) is 4.47. The molecule has 0 N–H and O–H groups in total. The summed E-state index contributed by atoms with van der Waals surface area (Å²) in [4.78, 5) is 2.56. The van der Waals surface area contributed by atoms with E-state index in [4.69, 9.17) is 4.74 Å². The standard InChI is InChI=1S/C20H33NO/c1-15(12-21-13-16(2)22-17(3)14-21)11-18-7-9-19(10-8-18)20(4,5)6/h7-10,15-17H,11-14H2,1-6H3/t15-,16-,17+/m1/s1. The second-order valence-electron chi connectivity index (χ2n) is 8.23. The summed E-state index contributed by atoms with van der Waals surface area (Å²) in [5.41, 5.74) is 3.11. The van der Waals surface area contributed by atoms with Crippen LogP contribution >= 0.6 is 0 Å². The first-order chi connectivity index (χ1) is 10.2. The van der Waals surface area contributed by atoms with Gasteiger partial charge in [0, 0.05) is 19.6 Å². The molecule has 1 fully saturated rings. The molecule has 2 heteroatoms. The van der Waals surface area contributed by atoms with Crippen LogP contribution in [0, 0.1) is 5.92 Å². The zero-order chi connectivity index (χ0) is 16.3. The molecule has 1 aliphatic heterocycles. The van der Waals surface area contributed by atoms with Crippen LogP contribution in [0.3, 0.4) is 0 Å². The second kappa shape index (κ2) is 7.14. The Morgan fingerprint density at radius 1 is 1.09 bits per heavy atom. The predicted molar refractivity (Wildman–Crippen MR) is 94.5 cm³/mol. The molecule has 0 aliphatic carbocycles. The zero-order valence-corrected chi connectivity index (χ0v) is 15.2. The molecule has 1 aliphatic rings. The third-order valence-corrected chi connectivity index (χ3v) is 4.47. The van der Waals surface area contributed by atoms with Gasteiger partial charge < -0.3 is 4.74 Å². The summed E-state index contributed by atoms with van der Waals surface area (Å²) in [7, 11) is 0. The van der Waals surface area contributed by atoms with E-state index in [1.807, 2.05) is 0 Å². The Bertz CT molecular complexity index is 450. The molecule has 1 saturated heterocycles. The summed E-state index contributed by atoms with van der Waals surface area (Å²) in [6, 6.07) is 9.20. The Balaban J connectivity index is 1.87. The Kier molecular flexibility index (Phi) is 5.68. The third kappa shape index (κ3) is 5.10. The molecular formula is C20H33NO. The van der Waals surface area contributed by atoms with E-state index in [0.29, 0.717) is 18.1 Å². The van der Waals surface area contributed by atoms with Crippen LogP contribution in [-0.4, -0.2) is 36.7 Å². The largest absolute Gasteiger partial charge is 0.373 e. The van der Waals surface area contributed by atoms with Gasteiger partial charge in [-0.1, -0.05) is 52.0 Å². The van der Waals surface area contributed by atoms with E-state index >= 15 is 0 Å². The first kappa shape index (κ1) is 17.5. The van der Waals surface area contributed by atoms with Gasteiger partial charge in [-0.15, -0.1) is 0 Å². The maximum atomic E-state index is 5.82. The molecule has 124 valence electrons. The predicted octanol–water partition coefficient (Wildman–Crippen LogP) is 4.27. The first-order valence-electron chi connectivity index (χ1n) is 8.71. The van der Waals surface area contributed by atoms with Gasteiger partial charge in [-0.2, -0.15) is 0 Å². The lowest BCUT2D eigenvalue weighted by atomic mass is 9.86. The summed E-state index contributed by atoms with van der Waals surface area (Å²) in [5, 5.41) is 0. The lowest BCUT2D eigenvalue weighted by molar-refractivity contribution is -0.0708. The van der Waals surface area contributed by atoms with Crippen molar-refractivity contribution in [2.75, 3.05) is 19.6 Å². The van der Waals surface area contributed by atoms with Crippen molar-refractivity contribution in [3.8, 4) is 0 Å². The van der Waals surface area contributed by atoms with Crippen LogP contribution < -0.4 is 0 Å². The van der Waals surface area contributed by atoms with Gasteiger partial charge in [-0.25, -0.2) is 0 Å². The highest BCUT2D eigenvalue weighted by atomic mass is 16.5. The van der Waals surface area contributed by atoms with Gasteiger partial charge in [0.2, 0.25) is 0 Å². The van der Waals surface area contributed by atoms with Gasteiger partial charge in [0.15, 0.2) is 0 Å². The SMILES string of the molecule is C[C@H](Cc1ccc(C(C)(C)C)cc1)CN1C[C@@H](C)O[C@@H](C)C1. The van der Waals surface area contributed by atoms with Crippen molar-refractivity contribution in [3.63, 3.8) is 0 Å². The second-order valence-corrected chi connectivity index (χ2v) is 8.23. The van der Waals surface area contributed by atoms with Crippen LogP contribution in [0.2, 0.25) is 0 Å². The molecule has 0 saturated carbocycles. The van der Waals surface area contributed by atoms with Crippen molar-refractivity contribution in [1.29, 1.82) is 0 Å². The number of nitrogens with zero attached hydrogens (tertiary/aromatic N) is 1. The van der Waals surface area contributed by atoms with E-state index in [2.05, 4.69) is 70.7 Å². The Hall–Kier alpha value is -0.860. The van der Waals surface area contributed by atoms with Crippen molar-refractivity contribution >= 4 is 0 Å². The molecule has 0 aromatic heterocycles. The Morgan fingerprint density at radius 2 is 1.64 bits per heavy atom. The molecule has 0 unspecified atom stereocenters. The number of hydrogen-bond donors (Lipinski definition) is 0. The summed E-state index contributed by atoms with van der Waals surface area (Å²) in [6.45, 7) is 16.8. The molecule has 22 heavy (non-hydrogen) atoms. The molecular weight excluding hydrogens is 270 g/mol. The number of rotatable bonds is 4. The quantitative estimate of drug-likeness (QED) is 0.823. The minimum Gasteiger partial charge on any atom is -0.373 e. The average Bonchev–Trinajstić information content (AvgIpc) is 2.36. The maximum Gasteiger partial charge on any atom is 0.0678 e. The van der Waals surface area contributed by atoms with Crippen LogP contribution in [0.4, 0.5) is 0 Å². The summed E-state index contributed by atoms with van der Waals surface area (Å²) in [5.74, 6) is 0.679. The molecule has 0 spiro atoms. The van der Waals surface area contributed by atoms with Gasteiger partial charge in [0.1, 0.15) is 0 Å². The molecule has 0 amide bonds. The lowest BCUT2D eigenvalue weighted by Crippen LogP contribution is -2.47. The van der Waals surface area contributed by atoms with Gasteiger partial charge >= 0.3 is 0 Å². The van der Waals surface area contributed by atoms with E-state index in [-0.39, 0.29) is 5.41 Å². The van der Waals surface area contributed by atoms with Crippen molar-refractivity contribution in [2.24, 2.45) is 5.92 Å². The van der Waals surface area contributed by atoms with Gasteiger partial charge in [-0.3, -0.25) is 4.90 Å². The summed E-state index contributed by atoms with van der Waals surface area (Å²) < 4.78 is 5.82. The molecule has 0 bridgehead atoms. The van der Waals surface area contributed by atoms with Gasteiger partial charge in [-0.05, 0) is 42.7 Å². The lowest BCUT2D eigenvalue weighted by Gasteiger charge is -2.36. The van der Waals surface area contributed by atoms with E-state index in [1.165, 1.54) is 17.7 Å². The normalized spacial score (nSPS) is 25.2. The van der Waals surface area contributed by atoms with Crippen molar-refractivity contribution in [3.05, 3.63) is 35.4 Å². The monoisotopic (exact) mass is 303 g/mol. The first-order valence-corrected chi connectivity index (χ1v) is 8.71. The fourth-order valence-electron chi connectivity index (χ4n) is 3.48. The van der Waals surface area contributed by atoms with Crippen LogP contribution in [-0.2, 0) is 16.6 Å². The van der Waals surface area contributed by atoms with Crippen LogP contribution in [0.15, 0.2) is 24.3 Å². The molecule has 0 radical (unpaired) electrons. The Labute approximate surface area is 136 Å². The van der Waals surface area contributed by atoms with E-state index in [9.17, 15) is 0 Å². The van der Waals surface area contributed by atoms with Crippen molar-refractivity contribution in [1.82, 2.24) is 4.90 Å². The molecule has 1 aromatic rings. The van der Waals surface area contributed by atoms with E-state index in [0.717, 1.165) is 19.5 Å². The summed E-state index contributed by atoms with van der Waals surface area (Å²) in [6.07, 6.45) is 1.88. The molecule has 2 nitrogen and oxygen atoms in total. The average molecular weight is 303 g/mol.